The van der Waals surface area contributed by atoms with Gasteiger partial charge in [0, 0.05) is 25.0 Å². The Morgan fingerprint density at radius 1 is 1.22 bits per heavy atom. The van der Waals surface area contributed by atoms with Gasteiger partial charge in [0.2, 0.25) is 0 Å². The molecule has 0 saturated heterocycles. The van der Waals surface area contributed by atoms with Crippen molar-refractivity contribution in [1.29, 1.82) is 0 Å². The molecule has 0 unspecified atom stereocenters. The number of hydrogen-bond acceptors (Lipinski definition) is 3. The van der Waals surface area contributed by atoms with E-state index in [0.717, 1.165) is 30.6 Å². The Morgan fingerprint density at radius 2 is 2.22 bits per heavy atom. The molecule has 1 aliphatic rings. The second-order valence-corrected chi connectivity index (χ2v) is 4.42. The maximum atomic E-state index is 5.33. The van der Waals surface area contributed by atoms with Crippen LogP contribution in [0, 0.1) is 0 Å². The number of dihydropyridines is 1. The number of fused-ring (bicyclic) bond motifs is 1. The molecule has 18 heavy (non-hydrogen) atoms. The molecule has 0 spiro atoms. The zero-order chi connectivity index (χ0) is 12.2. The quantitative estimate of drug-likeness (QED) is 0.862. The smallest absolute Gasteiger partial charge is 0.133 e. The highest BCUT2D eigenvalue weighted by molar-refractivity contribution is 5.77. The molecule has 2 heterocycles. The molecule has 2 aromatic rings. The molecule has 0 amide bonds. The van der Waals surface area contributed by atoms with E-state index < -0.39 is 0 Å². The Kier molecular flexibility index (Phi) is 3.15. The van der Waals surface area contributed by atoms with E-state index in [1.807, 2.05) is 18.3 Å². The molecule has 1 aromatic heterocycles. The number of benzene rings is 1. The average Bonchev–Trinajstić information content (AvgIpc) is 2.87. The van der Waals surface area contributed by atoms with Crippen LogP contribution < -0.4 is 10.6 Å². The maximum absolute atomic E-state index is 5.33. The normalized spacial score (nSPS) is 14.6. The van der Waals surface area contributed by atoms with E-state index in [4.69, 9.17) is 4.42 Å². The molecule has 0 radical (unpaired) electrons. The summed E-state index contributed by atoms with van der Waals surface area (Å²) in [5.41, 5.74) is 3.56. The van der Waals surface area contributed by atoms with Gasteiger partial charge in [-0.3, -0.25) is 0 Å². The Morgan fingerprint density at radius 3 is 3.11 bits per heavy atom. The molecule has 2 N–H and O–H groups in total. The minimum absolute atomic E-state index is 0.875. The van der Waals surface area contributed by atoms with Crippen molar-refractivity contribution in [2.75, 3.05) is 13.1 Å². The third-order valence-corrected chi connectivity index (χ3v) is 3.07. The maximum Gasteiger partial charge on any atom is 0.133 e. The van der Waals surface area contributed by atoms with Crippen LogP contribution in [0.4, 0.5) is 0 Å². The van der Waals surface area contributed by atoms with Crippen LogP contribution in [0.15, 0.2) is 58.9 Å². The van der Waals surface area contributed by atoms with E-state index in [0.29, 0.717) is 0 Å². The standard InChI is InChI=1S/C15H16N2O/c1-2-15-14(5-8-18-15)9-13(1)11-17-10-12-3-6-16-7-4-12/h1-6,8-9,16-17H,7,10-11H2. The monoisotopic (exact) mass is 240 g/mol. The van der Waals surface area contributed by atoms with Gasteiger partial charge in [-0.1, -0.05) is 12.1 Å². The van der Waals surface area contributed by atoms with Crippen molar-refractivity contribution in [2.45, 2.75) is 6.54 Å². The first kappa shape index (κ1) is 11.1. The summed E-state index contributed by atoms with van der Waals surface area (Å²) in [6.45, 7) is 2.70. The summed E-state index contributed by atoms with van der Waals surface area (Å²) in [6.07, 6.45) is 8.03. The van der Waals surface area contributed by atoms with E-state index in [1.165, 1.54) is 11.1 Å². The highest BCUT2D eigenvalue weighted by Gasteiger charge is 2.00. The van der Waals surface area contributed by atoms with Gasteiger partial charge in [-0.05, 0) is 41.6 Å². The van der Waals surface area contributed by atoms with Crippen LogP contribution in [0.25, 0.3) is 11.0 Å². The van der Waals surface area contributed by atoms with Gasteiger partial charge in [-0.15, -0.1) is 0 Å². The van der Waals surface area contributed by atoms with Crippen molar-refractivity contribution < 1.29 is 4.42 Å². The molecule has 3 nitrogen and oxygen atoms in total. The van der Waals surface area contributed by atoms with Gasteiger partial charge < -0.3 is 15.1 Å². The second kappa shape index (κ2) is 5.10. The van der Waals surface area contributed by atoms with Crippen LogP contribution in [0.3, 0.4) is 0 Å². The summed E-state index contributed by atoms with van der Waals surface area (Å²) < 4.78 is 5.33. The van der Waals surface area contributed by atoms with Crippen molar-refractivity contribution in [3.05, 3.63) is 60.0 Å². The van der Waals surface area contributed by atoms with Gasteiger partial charge in [0.25, 0.3) is 0 Å². The third kappa shape index (κ3) is 2.46. The van der Waals surface area contributed by atoms with Crippen LogP contribution in [0.2, 0.25) is 0 Å². The van der Waals surface area contributed by atoms with Crippen molar-refractivity contribution in [3.8, 4) is 0 Å². The van der Waals surface area contributed by atoms with Crippen molar-refractivity contribution in [1.82, 2.24) is 10.6 Å². The summed E-state index contributed by atoms with van der Waals surface area (Å²) in [7, 11) is 0. The molecular formula is C15H16N2O. The lowest BCUT2D eigenvalue weighted by Crippen LogP contribution is -2.19. The first-order valence-electron chi connectivity index (χ1n) is 6.18. The molecule has 0 saturated carbocycles. The summed E-state index contributed by atoms with van der Waals surface area (Å²) in [4.78, 5) is 0. The van der Waals surface area contributed by atoms with E-state index >= 15 is 0 Å². The van der Waals surface area contributed by atoms with Crippen molar-refractivity contribution in [3.63, 3.8) is 0 Å². The van der Waals surface area contributed by atoms with Gasteiger partial charge in [-0.2, -0.15) is 0 Å². The molecule has 0 bridgehead atoms. The van der Waals surface area contributed by atoms with Gasteiger partial charge in [0.05, 0.1) is 6.26 Å². The van der Waals surface area contributed by atoms with Gasteiger partial charge in [0.15, 0.2) is 0 Å². The van der Waals surface area contributed by atoms with Crippen molar-refractivity contribution >= 4 is 11.0 Å². The Balaban J connectivity index is 1.59. The SMILES string of the molecule is C1=CC(CNCc2ccc3occc3c2)=CCN1. The predicted molar refractivity (Wildman–Crippen MR) is 73.1 cm³/mol. The van der Waals surface area contributed by atoms with E-state index in [-0.39, 0.29) is 0 Å². The Bertz CT molecular complexity index is 595. The van der Waals surface area contributed by atoms with Gasteiger partial charge in [-0.25, -0.2) is 0 Å². The molecule has 0 aliphatic carbocycles. The number of hydrogen-bond donors (Lipinski definition) is 2. The van der Waals surface area contributed by atoms with Crippen LogP contribution in [-0.4, -0.2) is 13.1 Å². The van der Waals surface area contributed by atoms with Crippen molar-refractivity contribution in [2.24, 2.45) is 0 Å². The average molecular weight is 240 g/mol. The predicted octanol–water partition coefficient (Wildman–Crippen LogP) is 2.57. The van der Waals surface area contributed by atoms with Crippen LogP contribution in [0.5, 0.6) is 0 Å². The zero-order valence-electron chi connectivity index (χ0n) is 10.1. The summed E-state index contributed by atoms with van der Waals surface area (Å²) in [6, 6.07) is 8.29. The van der Waals surface area contributed by atoms with E-state index in [1.54, 1.807) is 6.26 Å². The summed E-state index contributed by atoms with van der Waals surface area (Å²) >= 11 is 0. The number of nitrogens with one attached hydrogen (secondary N) is 2. The lowest BCUT2D eigenvalue weighted by Gasteiger charge is -2.09. The molecule has 0 atom stereocenters. The second-order valence-electron chi connectivity index (χ2n) is 4.42. The van der Waals surface area contributed by atoms with E-state index in [9.17, 15) is 0 Å². The Hall–Kier alpha value is -2.00. The van der Waals surface area contributed by atoms with Crippen LogP contribution in [-0.2, 0) is 6.54 Å². The Labute approximate surface area is 106 Å². The molecule has 3 rings (SSSR count). The fourth-order valence-electron chi connectivity index (χ4n) is 2.10. The molecule has 0 fully saturated rings. The van der Waals surface area contributed by atoms with E-state index in [2.05, 4.69) is 34.9 Å². The molecule has 1 aliphatic heterocycles. The third-order valence-electron chi connectivity index (χ3n) is 3.07. The lowest BCUT2D eigenvalue weighted by molar-refractivity contribution is 0.615. The highest BCUT2D eigenvalue weighted by atomic mass is 16.3. The fraction of sp³-hybridized carbons (Fsp3) is 0.200. The fourth-order valence-corrected chi connectivity index (χ4v) is 2.10. The van der Waals surface area contributed by atoms with Gasteiger partial charge in [0.1, 0.15) is 5.58 Å². The molecule has 3 heteroatoms. The summed E-state index contributed by atoms with van der Waals surface area (Å²) in [5, 5.41) is 7.76. The summed E-state index contributed by atoms with van der Waals surface area (Å²) in [5.74, 6) is 0. The first-order chi connectivity index (χ1) is 8.92. The largest absolute Gasteiger partial charge is 0.464 e. The number of rotatable bonds is 4. The molecule has 1 aromatic carbocycles. The highest BCUT2D eigenvalue weighted by Crippen LogP contribution is 2.16. The molecule has 92 valence electrons. The van der Waals surface area contributed by atoms with Gasteiger partial charge >= 0.3 is 0 Å². The minimum atomic E-state index is 0.875. The topological polar surface area (TPSA) is 37.2 Å². The number of furan rings is 1. The minimum Gasteiger partial charge on any atom is -0.464 e. The molecular weight excluding hydrogens is 224 g/mol. The van der Waals surface area contributed by atoms with Crippen LogP contribution in [0.1, 0.15) is 5.56 Å². The first-order valence-corrected chi connectivity index (χ1v) is 6.18. The zero-order valence-corrected chi connectivity index (χ0v) is 10.1. The lowest BCUT2D eigenvalue weighted by atomic mass is 10.1. The van der Waals surface area contributed by atoms with Crippen LogP contribution >= 0.6 is 0 Å².